The second-order valence-electron chi connectivity index (χ2n) is 4.69. The number of carbonyl (C=O) groups is 2. The van der Waals surface area contributed by atoms with Crippen molar-refractivity contribution >= 4 is 28.3 Å². The zero-order valence-electron chi connectivity index (χ0n) is 11.5. The number of hydrogen-bond acceptors (Lipinski definition) is 3. The molecule has 3 rings (SSSR count). The summed E-state index contributed by atoms with van der Waals surface area (Å²) in [4.78, 5) is 27.4. The van der Waals surface area contributed by atoms with Gasteiger partial charge in [-0.15, -0.1) is 0 Å². The highest BCUT2D eigenvalue weighted by atomic mass is 16.4. The fourth-order valence-electron chi connectivity index (χ4n) is 2.27. The van der Waals surface area contributed by atoms with E-state index in [1.54, 1.807) is 6.07 Å². The van der Waals surface area contributed by atoms with Gasteiger partial charge in [0, 0.05) is 17.3 Å². The van der Waals surface area contributed by atoms with Crippen LogP contribution in [0.2, 0.25) is 0 Å². The van der Waals surface area contributed by atoms with Crippen molar-refractivity contribution in [3.05, 3.63) is 72.1 Å². The monoisotopic (exact) mass is 292 g/mol. The number of aromatic nitrogens is 1. The summed E-state index contributed by atoms with van der Waals surface area (Å²) >= 11 is 0. The molecule has 0 aliphatic heterocycles. The molecular weight excluding hydrogens is 280 g/mol. The molecule has 0 radical (unpaired) electrons. The molecule has 5 nitrogen and oxygen atoms in total. The van der Waals surface area contributed by atoms with Gasteiger partial charge >= 0.3 is 5.97 Å². The fourth-order valence-corrected chi connectivity index (χ4v) is 2.27. The number of rotatable bonds is 3. The molecule has 0 unspecified atom stereocenters. The molecule has 0 saturated carbocycles. The van der Waals surface area contributed by atoms with E-state index in [1.807, 2.05) is 36.4 Å². The average molecular weight is 292 g/mol. The number of benzene rings is 2. The first-order chi connectivity index (χ1) is 10.7. The number of nitrogens with zero attached hydrogens (tertiary/aromatic N) is 1. The van der Waals surface area contributed by atoms with Crippen LogP contribution in [0, 0.1) is 0 Å². The maximum absolute atomic E-state index is 12.3. The van der Waals surface area contributed by atoms with Crippen LogP contribution >= 0.6 is 0 Å². The van der Waals surface area contributed by atoms with Crippen LogP contribution in [0.15, 0.2) is 60.8 Å². The van der Waals surface area contributed by atoms with Crippen LogP contribution in [0.4, 0.5) is 5.69 Å². The highest BCUT2D eigenvalue weighted by Gasteiger charge is 2.18. The summed E-state index contributed by atoms with van der Waals surface area (Å²) in [5.74, 6) is -1.73. The van der Waals surface area contributed by atoms with Gasteiger partial charge in [0.05, 0.1) is 5.56 Å². The Morgan fingerprint density at radius 1 is 0.955 bits per heavy atom. The molecule has 0 atom stereocenters. The number of anilines is 1. The third-order valence-electron chi connectivity index (χ3n) is 3.29. The van der Waals surface area contributed by atoms with Crippen LogP contribution in [0.1, 0.15) is 20.8 Å². The Morgan fingerprint density at radius 2 is 1.73 bits per heavy atom. The van der Waals surface area contributed by atoms with Crippen molar-refractivity contribution in [2.24, 2.45) is 0 Å². The van der Waals surface area contributed by atoms with Crippen molar-refractivity contribution in [1.82, 2.24) is 4.98 Å². The minimum absolute atomic E-state index is 0.108. The van der Waals surface area contributed by atoms with E-state index in [4.69, 9.17) is 5.11 Å². The van der Waals surface area contributed by atoms with Gasteiger partial charge < -0.3 is 10.4 Å². The molecule has 108 valence electrons. The van der Waals surface area contributed by atoms with E-state index in [-0.39, 0.29) is 11.3 Å². The molecule has 0 aliphatic carbocycles. The maximum Gasteiger partial charge on any atom is 0.338 e. The maximum atomic E-state index is 12.3. The van der Waals surface area contributed by atoms with Crippen molar-refractivity contribution in [2.45, 2.75) is 0 Å². The number of fused-ring (bicyclic) bond motifs is 1. The van der Waals surface area contributed by atoms with E-state index in [1.165, 1.54) is 18.3 Å². The normalized spacial score (nSPS) is 10.4. The third-order valence-corrected chi connectivity index (χ3v) is 3.29. The van der Waals surface area contributed by atoms with Crippen molar-refractivity contribution in [1.29, 1.82) is 0 Å². The lowest BCUT2D eigenvalue weighted by Gasteiger charge is -2.09. The summed E-state index contributed by atoms with van der Waals surface area (Å²) in [5, 5.41) is 13.7. The first-order valence-electron chi connectivity index (χ1n) is 6.64. The van der Waals surface area contributed by atoms with E-state index in [0.717, 1.165) is 10.8 Å². The van der Waals surface area contributed by atoms with Gasteiger partial charge in [0.2, 0.25) is 0 Å². The molecule has 2 aromatic carbocycles. The van der Waals surface area contributed by atoms with Gasteiger partial charge in [0.15, 0.2) is 0 Å². The van der Waals surface area contributed by atoms with Crippen molar-refractivity contribution in [2.75, 3.05) is 5.32 Å². The van der Waals surface area contributed by atoms with Gasteiger partial charge in [-0.25, -0.2) is 4.79 Å². The zero-order chi connectivity index (χ0) is 15.5. The van der Waals surface area contributed by atoms with Crippen LogP contribution in [-0.2, 0) is 0 Å². The van der Waals surface area contributed by atoms with Crippen LogP contribution in [0.3, 0.4) is 0 Å². The predicted octanol–water partition coefficient (Wildman–Crippen LogP) is 3.19. The Kier molecular flexibility index (Phi) is 3.53. The molecule has 2 N–H and O–H groups in total. The number of carboxylic acids is 1. The standard InChI is InChI=1S/C17H12N2O3/c20-16(15-13(17(21)22)8-4-10-18-15)19-14-9-3-6-11-5-1-2-7-12(11)14/h1-10H,(H,19,20)(H,21,22). The summed E-state index contributed by atoms with van der Waals surface area (Å²) in [6, 6.07) is 16.0. The molecule has 0 bridgehead atoms. The molecule has 5 heteroatoms. The zero-order valence-corrected chi connectivity index (χ0v) is 11.5. The van der Waals surface area contributed by atoms with Gasteiger partial charge in [0.25, 0.3) is 5.91 Å². The second kappa shape index (κ2) is 5.65. The SMILES string of the molecule is O=C(O)c1cccnc1C(=O)Nc1cccc2ccccc12. The Balaban J connectivity index is 1.99. The Morgan fingerprint density at radius 3 is 2.55 bits per heavy atom. The number of pyridine rings is 1. The largest absolute Gasteiger partial charge is 0.478 e. The van der Waals surface area contributed by atoms with Crippen molar-refractivity contribution in [3.63, 3.8) is 0 Å². The second-order valence-corrected chi connectivity index (χ2v) is 4.69. The molecule has 0 fully saturated rings. The lowest BCUT2D eigenvalue weighted by Crippen LogP contribution is -2.18. The van der Waals surface area contributed by atoms with Crippen molar-refractivity contribution in [3.8, 4) is 0 Å². The van der Waals surface area contributed by atoms with E-state index in [2.05, 4.69) is 10.3 Å². The summed E-state index contributed by atoms with van der Waals surface area (Å²) < 4.78 is 0. The first kappa shape index (κ1) is 13.8. The Bertz CT molecular complexity index is 869. The van der Waals surface area contributed by atoms with Gasteiger partial charge in [-0.2, -0.15) is 0 Å². The fraction of sp³-hybridized carbons (Fsp3) is 0. The molecule has 0 spiro atoms. The lowest BCUT2D eigenvalue weighted by molar-refractivity contribution is 0.0691. The number of nitrogens with one attached hydrogen (secondary N) is 1. The first-order valence-corrected chi connectivity index (χ1v) is 6.64. The smallest absolute Gasteiger partial charge is 0.338 e. The molecule has 0 aliphatic rings. The minimum Gasteiger partial charge on any atom is -0.478 e. The molecule has 22 heavy (non-hydrogen) atoms. The Hall–Kier alpha value is -3.21. The van der Waals surface area contributed by atoms with Crippen LogP contribution in [0.25, 0.3) is 10.8 Å². The quantitative estimate of drug-likeness (QED) is 0.777. The molecule has 3 aromatic rings. The van der Waals surface area contributed by atoms with E-state index in [9.17, 15) is 9.59 Å². The van der Waals surface area contributed by atoms with E-state index in [0.29, 0.717) is 5.69 Å². The molecule has 1 aromatic heterocycles. The summed E-state index contributed by atoms with van der Waals surface area (Å²) in [5.41, 5.74) is 0.383. The van der Waals surface area contributed by atoms with Gasteiger partial charge in [-0.1, -0.05) is 36.4 Å². The number of carbonyl (C=O) groups excluding carboxylic acids is 1. The van der Waals surface area contributed by atoms with E-state index < -0.39 is 11.9 Å². The average Bonchev–Trinajstić information content (AvgIpc) is 2.55. The topological polar surface area (TPSA) is 79.3 Å². The minimum atomic E-state index is -1.18. The van der Waals surface area contributed by atoms with Crippen LogP contribution in [0.5, 0.6) is 0 Å². The number of aromatic carboxylic acids is 1. The third kappa shape index (κ3) is 2.52. The molecule has 1 amide bonds. The summed E-state index contributed by atoms with van der Waals surface area (Å²) in [6.45, 7) is 0. The summed E-state index contributed by atoms with van der Waals surface area (Å²) in [6.07, 6.45) is 1.39. The molecule has 0 saturated heterocycles. The van der Waals surface area contributed by atoms with Crippen molar-refractivity contribution < 1.29 is 14.7 Å². The van der Waals surface area contributed by atoms with Gasteiger partial charge in [-0.05, 0) is 23.6 Å². The number of carboxylic acid groups (broad SMARTS) is 1. The number of amides is 1. The van der Waals surface area contributed by atoms with Gasteiger partial charge in [0.1, 0.15) is 5.69 Å². The Labute approximate surface area is 126 Å². The van der Waals surface area contributed by atoms with Gasteiger partial charge in [-0.3, -0.25) is 9.78 Å². The van der Waals surface area contributed by atoms with Crippen LogP contribution in [-0.4, -0.2) is 22.0 Å². The highest BCUT2D eigenvalue weighted by Crippen LogP contribution is 2.23. The van der Waals surface area contributed by atoms with Crippen LogP contribution < -0.4 is 5.32 Å². The summed E-state index contributed by atoms with van der Waals surface area (Å²) in [7, 11) is 0. The molecular formula is C17H12N2O3. The lowest BCUT2D eigenvalue weighted by atomic mass is 10.1. The number of hydrogen-bond donors (Lipinski definition) is 2. The van der Waals surface area contributed by atoms with E-state index >= 15 is 0 Å². The molecule has 1 heterocycles. The highest BCUT2D eigenvalue weighted by molar-refractivity contribution is 6.12. The predicted molar refractivity (Wildman–Crippen MR) is 83.1 cm³/mol.